The lowest BCUT2D eigenvalue weighted by atomic mass is 10.1. The van der Waals surface area contributed by atoms with Gasteiger partial charge in [-0.15, -0.1) is 0 Å². The molecule has 5 heteroatoms. The number of aryl methyl sites for hydroxylation is 2. The molecule has 0 saturated heterocycles. The molecule has 1 atom stereocenters. The summed E-state index contributed by atoms with van der Waals surface area (Å²) in [4.78, 5) is 24.1. The number of esters is 1. The van der Waals surface area contributed by atoms with Crippen LogP contribution in [0.25, 0.3) is 6.08 Å². The van der Waals surface area contributed by atoms with Crippen LogP contribution in [0.15, 0.2) is 48.5 Å². The first kappa shape index (κ1) is 20.2. The number of carbonyl (C=O) groups excluding carboxylic acids is 2. The Bertz CT molecular complexity index is 804. The van der Waals surface area contributed by atoms with Gasteiger partial charge in [-0.25, -0.2) is 4.79 Å². The zero-order chi connectivity index (χ0) is 19.8. The number of hydrogen-bond acceptors (Lipinski definition) is 4. The van der Waals surface area contributed by atoms with Crippen LogP contribution in [0.2, 0.25) is 0 Å². The van der Waals surface area contributed by atoms with E-state index in [1.807, 2.05) is 50.2 Å². The van der Waals surface area contributed by atoms with Gasteiger partial charge >= 0.3 is 5.97 Å². The van der Waals surface area contributed by atoms with Gasteiger partial charge in [0.1, 0.15) is 18.4 Å². The largest absolute Gasteiger partial charge is 0.497 e. The topological polar surface area (TPSA) is 64.6 Å². The van der Waals surface area contributed by atoms with Crippen LogP contribution in [0.1, 0.15) is 29.2 Å². The molecule has 0 aliphatic rings. The van der Waals surface area contributed by atoms with Gasteiger partial charge in [0, 0.05) is 6.08 Å². The molecule has 27 heavy (non-hydrogen) atoms. The summed E-state index contributed by atoms with van der Waals surface area (Å²) in [6, 6.07) is 12.6. The fourth-order valence-corrected chi connectivity index (χ4v) is 2.64. The Kier molecular flexibility index (Phi) is 7.17. The summed E-state index contributed by atoms with van der Waals surface area (Å²) in [6.45, 7) is 5.78. The van der Waals surface area contributed by atoms with Crippen molar-refractivity contribution in [3.8, 4) is 5.75 Å². The van der Waals surface area contributed by atoms with E-state index in [4.69, 9.17) is 9.47 Å². The number of rotatable bonds is 7. The van der Waals surface area contributed by atoms with E-state index in [0.29, 0.717) is 0 Å². The monoisotopic (exact) mass is 367 g/mol. The fourth-order valence-electron chi connectivity index (χ4n) is 2.64. The summed E-state index contributed by atoms with van der Waals surface area (Å²) in [7, 11) is 1.60. The van der Waals surface area contributed by atoms with Crippen molar-refractivity contribution in [3.63, 3.8) is 0 Å². The van der Waals surface area contributed by atoms with Crippen molar-refractivity contribution >= 4 is 18.0 Å². The van der Waals surface area contributed by atoms with Gasteiger partial charge in [-0.2, -0.15) is 0 Å². The highest BCUT2D eigenvalue weighted by Gasteiger charge is 2.16. The molecule has 1 N–H and O–H groups in total. The highest BCUT2D eigenvalue weighted by molar-refractivity contribution is 5.94. The van der Waals surface area contributed by atoms with Gasteiger partial charge in [-0.05, 0) is 50.1 Å². The van der Waals surface area contributed by atoms with E-state index in [-0.39, 0.29) is 12.5 Å². The molecule has 5 nitrogen and oxygen atoms in total. The zero-order valence-electron chi connectivity index (χ0n) is 16.1. The Morgan fingerprint density at radius 1 is 1.07 bits per heavy atom. The molecule has 0 unspecified atom stereocenters. The van der Waals surface area contributed by atoms with Crippen LogP contribution in [-0.2, 0) is 20.9 Å². The number of hydrogen-bond donors (Lipinski definition) is 1. The van der Waals surface area contributed by atoms with Crippen LogP contribution in [0, 0.1) is 13.8 Å². The van der Waals surface area contributed by atoms with E-state index in [1.54, 1.807) is 20.1 Å². The lowest BCUT2D eigenvalue weighted by Crippen LogP contribution is -2.38. The third kappa shape index (κ3) is 6.62. The fraction of sp³-hybridized carbons (Fsp3) is 0.273. The van der Waals surface area contributed by atoms with Gasteiger partial charge in [0.15, 0.2) is 0 Å². The number of methoxy groups -OCH3 is 1. The molecule has 0 fully saturated rings. The highest BCUT2D eigenvalue weighted by Crippen LogP contribution is 2.12. The summed E-state index contributed by atoms with van der Waals surface area (Å²) >= 11 is 0. The summed E-state index contributed by atoms with van der Waals surface area (Å²) in [5, 5.41) is 2.61. The third-order valence-electron chi connectivity index (χ3n) is 3.92. The number of ether oxygens (including phenoxy) is 2. The Balaban J connectivity index is 1.83. The molecule has 2 aromatic rings. The summed E-state index contributed by atoms with van der Waals surface area (Å²) in [5.41, 5.74) is 4.02. The SMILES string of the molecule is COc1ccc(C=CC(=O)N[C@@H](C)C(=O)OCc2cc(C)cc(C)c2)cc1. The number of carbonyl (C=O) groups is 2. The van der Waals surface area contributed by atoms with Crippen LogP contribution < -0.4 is 10.1 Å². The van der Waals surface area contributed by atoms with Crippen LogP contribution in [-0.4, -0.2) is 25.0 Å². The molecule has 0 aliphatic carbocycles. The molecule has 2 rings (SSSR count). The van der Waals surface area contributed by atoms with Gasteiger partial charge < -0.3 is 14.8 Å². The molecule has 2 aromatic carbocycles. The molecule has 0 spiro atoms. The second-order valence-electron chi connectivity index (χ2n) is 6.44. The predicted molar refractivity (Wildman–Crippen MR) is 105 cm³/mol. The maximum Gasteiger partial charge on any atom is 0.328 e. The predicted octanol–water partition coefficient (Wildman–Crippen LogP) is 3.57. The minimum Gasteiger partial charge on any atom is -0.497 e. The molecule has 142 valence electrons. The maximum absolute atomic E-state index is 12.1. The van der Waals surface area contributed by atoms with Crippen LogP contribution in [0.3, 0.4) is 0 Å². The maximum atomic E-state index is 12.1. The lowest BCUT2D eigenvalue weighted by molar-refractivity contribution is -0.148. The molecule has 1 amide bonds. The van der Waals surface area contributed by atoms with E-state index in [1.165, 1.54) is 6.08 Å². The minimum atomic E-state index is -0.732. The smallest absolute Gasteiger partial charge is 0.328 e. The van der Waals surface area contributed by atoms with Crippen molar-refractivity contribution in [2.24, 2.45) is 0 Å². The second-order valence-corrected chi connectivity index (χ2v) is 6.44. The first-order valence-electron chi connectivity index (χ1n) is 8.74. The van der Waals surface area contributed by atoms with E-state index in [0.717, 1.165) is 28.0 Å². The van der Waals surface area contributed by atoms with Crippen molar-refractivity contribution < 1.29 is 19.1 Å². The first-order valence-corrected chi connectivity index (χ1v) is 8.74. The highest BCUT2D eigenvalue weighted by atomic mass is 16.5. The van der Waals surface area contributed by atoms with Crippen molar-refractivity contribution in [1.82, 2.24) is 5.32 Å². The van der Waals surface area contributed by atoms with Crippen molar-refractivity contribution in [2.75, 3.05) is 7.11 Å². The molecular formula is C22H25NO4. The zero-order valence-corrected chi connectivity index (χ0v) is 16.1. The lowest BCUT2D eigenvalue weighted by Gasteiger charge is -2.13. The van der Waals surface area contributed by atoms with Gasteiger partial charge in [0.2, 0.25) is 5.91 Å². The van der Waals surface area contributed by atoms with Crippen LogP contribution >= 0.6 is 0 Å². The Morgan fingerprint density at radius 2 is 1.70 bits per heavy atom. The van der Waals surface area contributed by atoms with E-state index in [9.17, 15) is 9.59 Å². The van der Waals surface area contributed by atoms with Gasteiger partial charge in [0.05, 0.1) is 7.11 Å². The number of nitrogens with one attached hydrogen (secondary N) is 1. The van der Waals surface area contributed by atoms with Gasteiger partial charge in [-0.1, -0.05) is 41.5 Å². The van der Waals surface area contributed by atoms with Crippen molar-refractivity contribution in [3.05, 3.63) is 70.8 Å². The van der Waals surface area contributed by atoms with Crippen LogP contribution in [0.4, 0.5) is 0 Å². The Morgan fingerprint density at radius 3 is 2.30 bits per heavy atom. The summed E-state index contributed by atoms with van der Waals surface area (Å²) in [6.07, 6.45) is 3.05. The van der Waals surface area contributed by atoms with Crippen LogP contribution in [0.5, 0.6) is 5.75 Å². The Hall–Kier alpha value is -3.08. The average Bonchev–Trinajstić information content (AvgIpc) is 2.64. The molecule has 0 bridgehead atoms. The van der Waals surface area contributed by atoms with Crippen molar-refractivity contribution in [2.45, 2.75) is 33.4 Å². The van der Waals surface area contributed by atoms with Crippen molar-refractivity contribution in [1.29, 1.82) is 0 Å². The van der Waals surface area contributed by atoms with E-state index < -0.39 is 12.0 Å². The second kappa shape index (κ2) is 9.57. The Labute approximate surface area is 160 Å². The van der Waals surface area contributed by atoms with Gasteiger partial charge in [0.25, 0.3) is 0 Å². The van der Waals surface area contributed by atoms with E-state index in [2.05, 4.69) is 11.4 Å². The quantitative estimate of drug-likeness (QED) is 0.600. The van der Waals surface area contributed by atoms with Gasteiger partial charge in [-0.3, -0.25) is 4.79 Å². The number of amides is 1. The standard InChI is InChI=1S/C22H25NO4/c1-15-11-16(2)13-19(12-15)14-27-22(25)17(3)23-21(24)10-7-18-5-8-20(26-4)9-6-18/h5-13,17H,14H2,1-4H3,(H,23,24)/t17-/m0/s1. The van der Waals surface area contributed by atoms with E-state index >= 15 is 0 Å². The molecule has 0 aliphatic heterocycles. The molecule has 0 radical (unpaired) electrons. The first-order chi connectivity index (χ1) is 12.9. The average molecular weight is 367 g/mol. The number of benzene rings is 2. The molecule has 0 heterocycles. The third-order valence-corrected chi connectivity index (χ3v) is 3.92. The summed E-state index contributed by atoms with van der Waals surface area (Å²) in [5.74, 6) is -0.0844. The minimum absolute atomic E-state index is 0.184. The molecule has 0 aromatic heterocycles. The molecular weight excluding hydrogens is 342 g/mol. The summed E-state index contributed by atoms with van der Waals surface area (Å²) < 4.78 is 10.4. The normalized spacial score (nSPS) is 11.9. The molecule has 0 saturated carbocycles.